The van der Waals surface area contributed by atoms with Crippen LogP contribution in [-0.4, -0.2) is 4.98 Å². The van der Waals surface area contributed by atoms with Crippen molar-refractivity contribution in [1.82, 2.24) is 4.98 Å². The number of halogens is 1. The van der Waals surface area contributed by atoms with Crippen LogP contribution in [0.2, 0.25) is 5.02 Å². The minimum Gasteiger partial charge on any atom is -0.399 e. The summed E-state index contributed by atoms with van der Waals surface area (Å²) >= 11 is 7.69. The molecule has 0 aliphatic carbocycles. The highest BCUT2D eigenvalue weighted by Crippen LogP contribution is 2.25. The lowest BCUT2D eigenvalue weighted by molar-refractivity contribution is 1.13. The molecule has 0 amide bonds. The van der Waals surface area contributed by atoms with Crippen LogP contribution < -0.4 is 5.73 Å². The molecule has 1 aromatic carbocycles. The zero-order chi connectivity index (χ0) is 11.4. The molecule has 2 rings (SSSR count). The van der Waals surface area contributed by atoms with Crippen molar-refractivity contribution in [3.8, 4) is 0 Å². The molecule has 2 N–H and O–H groups in total. The molecular formula is C12H11ClN2S. The Morgan fingerprint density at radius 1 is 1.25 bits per heavy atom. The van der Waals surface area contributed by atoms with Gasteiger partial charge in [0.05, 0.1) is 5.03 Å². The zero-order valence-electron chi connectivity index (χ0n) is 8.56. The van der Waals surface area contributed by atoms with Crippen LogP contribution in [0.5, 0.6) is 0 Å². The Hall–Kier alpha value is -1.19. The maximum atomic E-state index is 6.06. The number of hydrogen-bond donors (Lipinski definition) is 1. The number of thioether (sulfide) groups is 1. The third-order valence-electron chi connectivity index (χ3n) is 2.09. The second-order valence-electron chi connectivity index (χ2n) is 3.31. The van der Waals surface area contributed by atoms with E-state index in [4.69, 9.17) is 17.3 Å². The fraction of sp³-hybridized carbons (Fsp3) is 0.0833. The summed E-state index contributed by atoms with van der Waals surface area (Å²) in [7, 11) is 0. The number of benzene rings is 1. The van der Waals surface area contributed by atoms with Gasteiger partial charge in [-0.1, -0.05) is 29.8 Å². The van der Waals surface area contributed by atoms with E-state index >= 15 is 0 Å². The maximum absolute atomic E-state index is 6.06. The fourth-order valence-corrected chi connectivity index (χ4v) is 2.46. The van der Waals surface area contributed by atoms with Gasteiger partial charge in [0.25, 0.3) is 0 Å². The van der Waals surface area contributed by atoms with Crippen LogP contribution in [0.1, 0.15) is 5.56 Å². The molecule has 0 bridgehead atoms. The lowest BCUT2D eigenvalue weighted by Gasteiger charge is -2.03. The SMILES string of the molecule is Nc1ccnc(SCc2ccccc2Cl)c1. The van der Waals surface area contributed by atoms with Crippen LogP contribution >= 0.6 is 23.4 Å². The van der Waals surface area contributed by atoms with Gasteiger partial charge < -0.3 is 5.73 Å². The quantitative estimate of drug-likeness (QED) is 0.846. The second kappa shape index (κ2) is 5.23. The third kappa shape index (κ3) is 2.90. The Kier molecular flexibility index (Phi) is 3.70. The van der Waals surface area contributed by atoms with Crippen molar-refractivity contribution in [3.05, 3.63) is 53.2 Å². The Labute approximate surface area is 104 Å². The molecule has 0 aliphatic rings. The largest absolute Gasteiger partial charge is 0.399 e. The number of aromatic nitrogens is 1. The molecule has 0 atom stereocenters. The van der Waals surface area contributed by atoms with Gasteiger partial charge in [-0.15, -0.1) is 11.8 Å². The summed E-state index contributed by atoms with van der Waals surface area (Å²) in [6.07, 6.45) is 1.71. The van der Waals surface area contributed by atoms with Crippen LogP contribution in [0.25, 0.3) is 0 Å². The summed E-state index contributed by atoms with van der Waals surface area (Å²) < 4.78 is 0. The summed E-state index contributed by atoms with van der Waals surface area (Å²) in [4.78, 5) is 4.22. The monoisotopic (exact) mass is 250 g/mol. The van der Waals surface area contributed by atoms with Crippen LogP contribution in [0.3, 0.4) is 0 Å². The number of rotatable bonds is 3. The fourth-order valence-electron chi connectivity index (χ4n) is 1.27. The summed E-state index contributed by atoms with van der Waals surface area (Å²) in [6, 6.07) is 11.5. The van der Waals surface area contributed by atoms with Crippen LogP contribution in [-0.2, 0) is 5.75 Å². The third-order valence-corrected chi connectivity index (χ3v) is 3.44. The van der Waals surface area contributed by atoms with E-state index in [0.29, 0.717) is 0 Å². The molecule has 0 saturated heterocycles. The van der Waals surface area contributed by atoms with Gasteiger partial charge in [-0.05, 0) is 23.8 Å². The second-order valence-corrected chi connectivity index (χ2v) is 4.71. The molecule has 0 spiro atoms. The summed E-state index contributed by atoms with van der Waals surface area (Å²) in [6.45, 7) is 0. The molecule has 1 aromatic heterocycles. The van der Waals surface area contributed by atoms with E-state index in [1.165, 1.54) is 0 Å². The molecule has 2 nitrogen and oxygen atoms in total. The van der Waals surface area contributed by atoms with E-state index in [9.17, 15) is 0 Å². The summed E-state index contributed by atoms with van der Waals surface area (Å²) in [5.41, 5.74) is 7.52. The zero-order valence-corrected chi connectivity index (χ0v) is 10.1. The molecule has 4 heteroatoms. The highest BCUT2D eigenvalue weighted by atomic mass is 35.5. The van der Waals surface area contributed by atoms with Crippen molar-refractivity contribution >= 4 is 29.1 Å². The van der Waals surface area contributed by atoms with Crippen molar-refractivity contribution in [1.29, 1.82) is 0 Å². The molecule has 0 aliphatic heterocycles. The minimum absolute atomic E-state index is 0.733. The number of nitrogens with two attached hydrogens (primary N) is 1. The first kappa shape index (κ1) is 11.3. The van der Waals surface area contributed by atoms with Crippen LogP contribution in [0, 0.1) is 0 Å². The van der Waals surface area contributed by atoms with Gasteiger partial charge in [-0.2, -0.15) is 0 Å². The Morgan fingerprint density at radius 2 is 2.06 bits per heavy atom. The van der Waals surface area contributed by atoms with E-state index in [0.717, 1.165) is 27.1 Å². The Morgan fingerprint density at radius 3 is 2.81 bits per heavy atom. The van der Waals surface area contributed by atoms with Crippen LogP contribution in [0.4, 0.5) is 5.69 Å². The van der Waals surface area contributed by atoms with Crippen LogP contribution in [0.15, 0.2) is 47.6 Å². The normalized spacial score (nSPS) is 10.3. The number of anilines is 1. The van der Waals surface area contributed by atoms with Gasteiger partial charge in [0.15, 0.2) is 0 Å². The van der Waals surface area contributed by atoms with Crippen molar-refractivity contribution in [3.63, 3.8) is 0 Å². The molecule has 0 unspecified atom stereocenters. The van der Waals surface area contributed by atoms with E-state index in [2.05, 4.69) is 4.98 Å². The Bertz CT molecular complexity index is 488. The molecule has 1 heterocycles. The smallest absolute Gasteiger partial charge is 0.0983 e. The number of nitrogen functional groups attached to an aromatic ring is 1. The molecule has 0 fully saturated rings. The van der Waals surface area contributed by atoms with Gasteiger partial charge in [-0.3, -0.25) is 0 Å². The average Bonchev–Trinajstić information content (AvgIpc) is 2.28. The van der Waals surface area contributed by atoms with Crippen molar-refractivity contribution < 1.29 is 0 Å². The van der Waals surface area contributed by atoms with Crippen molar-refractivity contribution in [2.75, 3.05) is 5.73 Å². The van der Waals surface area contributed by atoms with Gasteiger partial charge in [0.2, 0.25) is 0 Å². The first-order valence-corrected chi connectivity index (χ1v) is 6.20. The highest BCUT2D eigenvalue weighted by Gasteiger charge is 2.01. The lowest BCUT2D eigenvalue weighted by atomic mass is 10.2. The summed E-state index contributed by atoms with van der Waals surface area (Å²) in [5.74, 6) is 0.802. The first-order valence-electron chi connectivity index (χ1n) is 4.83. The molecule has 0 radical (unpaired) electrons. The Balaban J connectivity index is 2.05. The van der Waals surface area contributed by atoms with Gasteiger partial charge in [0.1, 0.15) is 0 Å². The minimum atomic E-state index is 0.733. The lowest BCUT2D eigenvalue weighted by Crippen LogP contribution is -1.88. The molecule has 2 aromatic rings. The van der Waals surface area contributed by atoms with Gasteiger partial charge >= 0.3 is 0 Å². The first-order chi connectivity index (χ1) is 7.75. The average molecular weight is 251 g/mol. The molecular weight excluding hydrogens is 240 g/mol. The predicted molar refractivity (Wildman–Crippen MR) is 69.7 cm³/mol. The standard InChI is InChI=1S/C12H11ClN2S/c13-11-4-2-1-3-9(11)8-16-12-7-10(14)5-6-15-12/h1-7H,8H2,(H2,14,15). The topological polar surface area (TPSA) is 38.9 Å². The summed E-state index contributed by atoms with van der Waals surface area (Å²) in [5, 5.41) is 1.71. The highest BCUT2D eigenvalue weighted by molar-refractivity contribution is 7.98. The van der Waals surface area contributed by atoms with Crippen molar-refractivity contribution in [2.45, 2.75) is 10.8 Å². The van der Waals surface area contributed by atoms with Gasteiger partial charge in [-0.25, -0.2) is 4.98 Å². The van der Waals surface area contributed by atoms with E-state index in [1.54, 1.807) is 24.0 Å². The van der Waals surface area contributed by atoms with E-state index in [-0.39, 0.29) is 0 Å². The van der Waals surface area contributed by atoms with E-state index < -0.39 is 0 Å². The predicted octanol–water partition coefficient (Wildman–Crippen LogP) is 3.61. The molecule has 82 valence electrons. The number of hydrogen-bond acceptors (Lipinski definition) is 3. The maximum Gasteiger partial charge on any atom is 0.0983 e. The molecule has 16 heavy (non-hydrogen) atoms. The number of nitrogens with zero attached hydrogens (tertiary/aromatic N) is 1. The van der Waals surface area contributed by atoms with Crippen molar-refractivity contribution in [2.24, 2.45) is 0 Å². The van der Waals surface area contributed by atoms with Gasteiger partial charge in [0, 0.05) is 22.7 Å². The van der Waals surface area contributed by atoms with E-state index in [1.807, 2.05) is 30.3 Å². The number of pyridine rings is 1. The molecule has 0 saturated carbocycles.